The number of ether oxygens (including phenoxy) is 1. The van der Waals surface area contributed by atoms with E-state index in [0.717, 1.165) is 0 Å². The highest BCUT2D eigenvalue weighted by Gasteiger charge is 2.04. The normalized spacial score (nSPS) is 10.2. The average Bonchev–Trinajstić information content (AvgIpc) is 2.20. The molecule has 2 amide bonds. The third-order valence-electron chi connectivity index (χ3n) is 1.77. The third-order valence-corrected chi connectivity index (χ3v) is 2.30. The first-order valence-corrected chi connectivity index (χ1v) is 5.87. The molecule has 17 heavy (non-hydrogen) atoms. The standard InChI is InChI=1S/C11H14Cl2N2O2/c1-7(2)15-11(16)14-6-17-10-4-3-8(12)5-9(10)13/h3-5,7H,6H2,1-2H3,(H2,14,15,16). The summed E-state index contributed by atoms with van der Waals surface area (Å²) in [5.74, 6) is 0.473. The van der Waals surface area contributed by atoms with Crippen molar-refractivity contribution >= 4 is 29.2 Å². The van der Waals surface area contributed by atoms with Gasteiger partial charge in [0.25, 0.3) is 0 Å². The van der Waals surface area contributed by atoms with Crippen molar-refractivity contribution in [2.24, 2.45) is 0 Å². The summed E-state index contributed by atoms with van der Waals surface area (Å²) in [4.78, 5) is 11.2. The average molecular weight is 277 g/mol. The third kappa shape index (κ3) is 5.15. The monoisotopic (exact) mass is 276 g/mol. The first-order valence-electron chi connectivity index (χ1n) is 5.11. The van der Waals surface area contributed by atoms with Crippen LogP contribution < -0.4 is 15.4 Å². The van der Waals surface area contributed by atoms with Crippen LogP contribution in [0.25, 0.3) is 0 Å². The summed E-state index contributed by atoms with van der Waals surface area (Å²) >= 11 is 11.6. The number of rotatable bonds is 4. The van der Waals surface area contributed by atoms with Crippen molar-refractivity contribution in [3.63, 3.8) is 0 Å². The SMILES string of the molecule is CC(C)NC(=O)NCOc1ccc(Cl)cc1Cl. The number of hydrogen-bond acceptors (Lipinski definition) is 2. The Kier molecular flexibility index (Phi) is 5.38. The molecule has 0 atom stereocenters. The highest BCUT2D eigenvalue weighted by atomic mass is 35.5. The number of nitrogens with one attached hydrogen (secondary N) is 2. The Morgan fingerprint density at radius 1 is 1.41 bits per heavy atom. The topological polar surface area (TPSA) is 50.4 Å². The molecule has 0 spiro atoms. The molecule has 1 rings (SSSR count). The molecule has 0 aliphatic carbocycles. The number of halogens is 2. The van der Waals surface area contributed by atoms with Crippen molar-refractivity contribution in [1.82, 2.24) is 10.6 Å². The number of benzene rings is 1. The van der Waals surface area contributed by atoms with Gasteiger partial charge in [-0.2, -0.15) is 0 Å². The van der Waals surface area contributed by atoms with Gasteiger partial charge in [-0.1, -0.05) is 23.2 Å². The molecule has 0 saturated carbocycles. The van der Waals surface area contributed by atoms with Gasteiger partial charge >= 0.3 is 6.03 Å². The maximum atomic E-state index is 11.2. The summed E-state index contributed by atoms with van der Waals surface area (Å²) in [6.07, 6.45) is 0. The molecule has 0 heterocycles. The molecule has 4 nitrogen and oxygen atoms in total. The van der Waals surface area contributed by atoms with Crippen LogP contribution in [0.15, 0.2) is 18.2 Å². The number of carbonyl (C=O) groups is 1. The zero-order chi connectivity index (χ0) is 12.8. The highest BCUT2D eigenvalue weighted by Crippen LogP contribution is 2.27. The lowest BCUT2D eigenvalue weighted by molar-refractivity contribution is 0.222. The van der Waals surface area contributed by atoms with E-state index >= 15 is 0 Å². The van der Waals surface area contributed by atoms with Crippen LogP contribution in [0, 0.1) is 0 Å². The summed E-state index contributed by atoms with van der Waals surface area (Å²) in [6.45, 7) is 3.78. The van der Waals surface area contributed by atoms with Crippen molar-refractivity contribution in [2.45, 2.75) is 19.9 Å². The largest absolute Gasteiger partial charge is 0.472 e. The maximum absolute atomic E-state index is 11.2. The molecule has 0 fully saturated rings. The van der Waals surface area contributed by atoms with Crippen LogP contribution in [0.1, 0.15) is 13.8 Å². The molecule has 0 saturated heterocycles. The lowest BCUT2D eigenvalue weighted by atomic mass is 10.3. The van der Waals surface area contributed by atoms with Crippen LogP contribution in [0.3, 0.4) is 0 Å². The van der Waals surface area contributed by atoms with Gasteiger partial charge in [-0.05, 0) is 32.0 Å². The molecule has 0 radical (unpaired) electrons. The maximum Gasteiger partial charge on any atom is 0.317 e. The quantitative estimate of drug-likeness (QED) is 0.831. The molecule has 0 aromatic heterocycles. The Hall–Kier alpha value is -1.13. The van der Waals surface area contributed by atoms with E-state index in [0.29, 0.717) is 15.8 Å². The molecule has 0 bridgehead atoms. The van der Waals surface area contributed by atoms with Crippen LogP contribution in [-0.2, 0) is 0 Å². The fraction of sp³-hybridized carbons (Fsp3) is 0.364. The molecule has 1 aromatic rings. The van der Waals surface area contributed by atoms with Gasteiger partial charge < -0.3 is 15.4 Å². The van der Waals surface area contributed by atoms with Gasteiger partial charge in [-0.25, -0.2) is 4.79 Å². The van der Waals surface area contributed by atoms with E-state index in [1.807, 2.05) is 13.8 Å². The van der Waals surface area contributed by atoms with Gasteiger partial charge in [0.15, 0.2) is 6.73 Å². The Bertz CT molecular complexity index is 397. The second-order valence-corrected chi connectivity index (χ2v) is 4.51. The molecule has 2 N–H and O–H groups in total. The summed E-state index contributed by atoms with van der Waals surface area (Å²) in [6, 6.07) is 4.68. The van der Waals surface area contributed by atoms with E-state index in [1.165, 1.54) is 0 Å². The summed E-state index contributed by atoms with van der Waals surface area (Å²) in [7, 11) is 0. The minimum absolute atomic E-state index is 0.0416. The predicted octanol–water partition coefficient (Wildman–Crippen LogP) is 3.04. The van der Waals surface area contributed by atoms with Crippen LogP contribution in [0.2, 0.25) is 10.0 Å². The first kappa shape index (κ1) is 13.9. The van der Waals surface area contributed by atoms with Crippen molar-refractivity contribution in [3.05, 3.63) is 28.2 Å². The fourth-order valence-corrected chi connectivity index (χ4v) is 1.55. The number of urea groups is 1. The van der Waals surface area contributed by atoms with Crippen LogP contribution >= 0.6 is 23.2 Å². The Morgan fingerprint density at radius 2 is 2.12 bits per heavy atom. The zero-order valence-corrected chi connectivity index (χ0v) is 11.1. The summed E-state index contributed by atoms with van der Waals surface area (Å²) in [5, 5.41) is 6.15. The molecule has 1 aromatic carbocycles. The first-order chi connectivity index (χ1) is 7.99. The predicted molar refractivity (Wildman–Crippen MR) is 68.8 cm³/mol. The van der Waals surface area contributed by atoms with Crippen LogP contribution in [0.5, 0.6) is 5.75 Å². The van der Waals surface area contributed by atoms with Crippen molar-refractivity contribution in [1.29, 1.82) is 0 Å². The number of carbonyl (C=O) groups excluding carboxylic acids is 1. The van der Waals surface area contributed by atoms with E-state index in [-0.39, 0.29) is 18.8 Å². The van der Waals surface area contributed by atoms with Crippen LogP contribution in [-0.4, -0.2) is 18.8 Å². The van der Waals surface area contributed by atoms with E-state index in [9.17, 15) is 4.79 Å². The second kappa shape index (κ2) is 6.57. The molecule has 0 unspecified atom stereocenters. The smallest absolute Gasteiger partial charge is 0.317 e. The van der Waals surface area contributed by atoms with Gasteiger partial charge in [-0.3, -0.25) is 0 Å². The highest BCUT2D eigenvalue weighted by molar-refractivity contribution is 6.35. The van der Waals surface area contributed by atoms with Gasteiger partial charge in [0.1, 0.15) is 5.75 Å². The van der Waals surface area contributed by atoms with Gasteiger partial charge in [0, 0.05) is 11.1 Å². The molecular formula is C11H14Cl2N2O2. The van der Waals surface area contributed by atoms with E-state index in [1.54, 1.807) is 18.2 Å². The van der Waals surface area contributed by atoms with E-state index < -0.39 is 0 Å². The summed E-state index contributed by atoms with van der Waals surface area (Å²) < 4.78 is 5.28. The van der Waals surface area contributed by atoms with Crippen molar-refractivity contribution in [2.75, 3.05) is 6.73 Å². The van der Waals surface area contributed by atoms with E-state index in [4.69, 9.17) is 27.9 Å². The number of hydrogen-bond donors (Lipinski definition) is 2. The van der Waals surface area contributed by atoms with Gasteiger partial charge in [0.2, 0.25) is 0 Å². The molecular weight excluding hydrogens is 263 g/mol. The fourth-order valence-electron chi connectivity index (χ4n) is 1.08. The summed E-state index contributed by atoms with van der Waals surface area (Å²) in [5.41, 5.74) is 0. The molecule has 94 valence electrons. The minimum Gasteiger partial charge on any atom is -0.472 e. The molecule has 6 heteroatoms. The van der Waals surface area contributed by atoms with Gasteiger partial charge in [-0.15, -0.1) is 0 Å². The minimum atomic E-state index is -0.287. The second-order valence-electron chi connectivity index (χ2n) is 3.67. The zero-order valence-electron chi connectivity index (χ0n) is 9.59. The van der Waals surface area contributed by atoms with Crippen molar-refractivity contribution < 1.29 is 9.53 Å². The molecule has 0 aliphatic rings. The Balaban J connectivity index is 2.38. The Labute approximate surface area is 110 Å². The van der Waals surface area contributed by atoms with E-state index in [2.05, 4.69) is 10.6 Å². The molecule has 0 aliphatic heterocycles. The van der Waals surface area contributed by atoms with Gasteiger partial charge in [0.05, 0.1) is 5.02 Å². The van der Waals surface area contributed by atoms with Crippen LogP contribution in [0.4, 0.5) is 4.79 Å². The Morgan fingerprint density at radius 3 is 2.71 bits per heavy atom. The number of amides is 2. The lowest BCUT2D eigenvalue weighted by Crippen LogP contribution is -2.41. The lowest BCUT2D eigenvalue weighted by Gasteiger charge is -2.12. The van der Waals surface area contributed by atoms with Crippen molar-refractivity contribution in [3.8, 4) is 5.75 Å².